The standard InChI is InChI=1S/C23H29F3N6O/c1-17-15-31(21-27-13-19(14-28-21)23(24,25)26)11-12-32(17)22(33)29-20-7-9-30(10-8-20)16-18-5-3-2-4-6-18/h2-6,13-14,17,20H,7-12,15-16H2,1H3,(H,29,33)/t17-/m1/s1. The number of piperidine rings is 1. The first kappa shape index (κ1) is 23.3. The molecule has 2 saturated heterocycles. The summed E-state index contributed by atoms with van der Waals surface area (Å²) in [5.74, 6) is 0.251. The van der Waals surface area contributed by atoms with Crippen LogP contribution < -0.4 is 10.2 Å². The molecule has 0 bridgehead atoms. The van der Waals surface area contributed by atoms with Crippen LogP contribution in [0.4, 0.5) is 23.9 Å². The van der Waals surface area contributed by atoms with Gasteiger partial charge in [-0.3, -0.25) is 4.90 Å². The van der Waals surface area contributed by atoms with Crippen molar-refractivity contribution >= 4 is 12.0 Å². The number of benzene rings is 1. The van der Waals surface area contributed by atoms with Crippen molar-refractivity contribution in [1.82, 2.24) is 25.1 Å². The van der Waals surface area contributed by atoms with E-state index in [1.54, 1.807) is 4.90 Å². The summed E-state index contributed by atoms with van der Waals surface area (Å²) < 4.78 is 38.2. The molecule has 2 amide bonds. The minimum Gasteiger partial charge on any atom is -0.337 e. The third-order valence-electron chi connectivity index (χ3n) is 6.30. The SMILES string of the molecule is C[C@@H]1CN(c2ncc(C(F)(F)F)cn2)CCN1C(=O)NC1CCN(Cc2ccccc2)CC1. The fraction of sp³-hybridized carbons (Fsp3) is 0.522. The number of hydrogen-bond donors (Lipinski definition) is 1. The van der Waals surface area contributed by atoms with E-state index < -0.39 is 11.7 Å². The molecule has 1 aromatic carbocycles. The third kappa shape index (κ3) is 5.93. The van der Waals surface area contributed by atoms with Crippen molar-refractivity contribution in [2.45, 2.75) is 44.6 Å². The van der Waals surface area contributed by atoms with Crippen LogP contribution >= 0.6 is 0 Å². The molecule has 33 heavy (non-hydrogen) atoms. The summed E-state index contributed by atoms with van der Waals surface area (Å²) in [5, 5.41) is 3.17. The van der Waals surface area contributed by atoms with Gasteiger partial charge >= 0.3 is 12.2 Å². The van der Waals surface area contributed by atoms with Crippen molar-refractivity contribution in [3.8, 4) is 0 Å². The number of anilines is 1. The first-order valence-corrected chi connectivity index (χ1v) is 11.3. The van der Waals surface area contributed by atoms with E-state index in [2.05, 4.69) is 32.3 Å². The van der Waals surface area contributed by atoms with Crippen molar-refractivity contribution < 1.29 is 18.0 Å². The van der Waals surface area contributed by atoms with Gasteiger partial charge in [0, 0.05) is 63.7 Å². The maximum atomic E-state index is 12.9. The van der Waals surface area contributed by atoms with E-state index in [9.17, 15) is 18.0 Å². The summed E-state index contributed by atoms with van der Waals surface area (Å²) in [4.78, 5) is 26.6. The van der Waals surface area contributed by atoms with Crippen LogP contribution in [-0.4, -0.2) is 70.6 Å². The number of urea groups is 1. The van der Waals surface area contributed by atoms with Crippen LogP contribution in [0.3, 0.4) is 0 Å². The Hall–Kier alpha value is -2.88. The molecule has 2 aliphatic rings. The van der Waals surface area contributed by atoms with Crippen LogP contribution in [0, 0.1) is 0 Å². The molecule has 7 nitrogen and oxygen atoms in total. The summed E-state index contributed by atoms with van der Waals surface area (Å²) in [6, 6.07) is 10.3. The van der Waals surface area contributed by atoms with Crippen LogP contribution in [0.2, 0.25) is 0 Å². The van der Waals surface area contributed by atoms with Gasteiger partial charge in [0.15, 0.2) is 0 Å². The Bertz CT molecular complexity index is 916. The first-order valence-electron chi connectivity index (χ1n) is 11.3. The van der Waals surface area contributed by atoms with E-state index in [4.69, 9.17) is 0 Å². The van der Waals surface area contributed by atoms with Crippen LogP contribution in [0.15, 0.2) is 42.7 Å². The summed E-state index contributed by atoms with van der Waals surface area (Å²) in [5.41, 5.74) is 0.427. The lowest BCUT2D eigenvalue weighted by Gasteiger charge is -2.41. The minimum absolute atomic E-state index is 0.0861. The zero-order chi connectivity index (χ0) is 23.4. The third-order valence-corrected chi connectivity index (χ3v) is 6.30. The van der Waals surface area contributed by atoms with Gasteiger partial charge in [-0.1, -0.05) is 30.3 Å². The van der Waals surface area contributed by atoms with E-state index in [1.807, 2.05) is 30.0 Å². The van der Waals surface area contributed by atoms with Gasteiger partial charge in [0.2, 0.25) is 5.95 Å². The number of aromatic nitrogens is 2. The van der Waals surface area contributed by atoms with Crippen LogP contribution in [0.5, 0.6) is 0 Å². The molecular formula is C23H29F3N6O. The zero-order valence-corrected chi connectivity index (χ0v) is 18.6. The first-order chi connectivity index (χ1) is 15.8. The number of rotatable bonds is 4. The summed E-state index contributed by atoms with van der Waals surface area (Å²) in [6.07, 6.45) is -1.04. The quantitative estimate of drug-likeness (QED) is 0.755. The van der Waals surface area contributed by atoms with Crippen molar-refractivity contribution in [2.24, 2.45) is 0 Å². The van der Waals surface area contributed by atoms with Crippen LogP contribution in [0.25, 0.3) is 0 Å². The summed E-state index contributed by atoms with van der Waals surface area (Å²) >= 11 is 0. The summed E-state index contributed by atoms with van der Waals surface area (Å²) in [6.45, 7) is 6.13. The lowest BCUT2D eigenvalue weighted by molar-refractivity contribution is -0.138. The molecule has 2 fully saturated rings. The highest BCUT2D eigenvalue weighted by molar-refractivity contribution is 5.75. The van der Waals surface area contributed by atoms with Gasteiger partial charge in [-0.25, -0.2) is 14.8 Å². The molecule has 0 aliphatic carbocycles. The van der Waals surface area contributed by atoms with E-state index >= 15 is 0 Å². The van der Waals surface area contributed by atoms with Crippen molar-refractivity contribution in [3.05, 3.63) is 53.9 Å². The lowest BCUT2D eigenvalue weighted by Crippen LogP contribution is -2.58. The second-order valence-corrected chi connectivity index (χ2v) is 8.74. The number of carbonyl (C=O) groups excluding carboxylic acids is 1. The Morgan fingerprint density at radius 1 is 1.06 bits per heavy atom. The molecule has 0 saturated carbocycles. The Morgan fingerprint density at radius 3 is 2.33 bits per heavy atom. The number of nitrogens with one attached hydrogen (secondary N) is 1. The molecule has 10 heteroatoms. The second-order valence-electron chi connectivity index (χ2n) is 8.74. The Labute approximate surface area is 191 Å². The van der Waals surface area contributed by atoms with Crippen LogP contribution in [-0.2, 0) is 12.7 Å². The number of carbonyl (C=O) groups is 1. The van der Waals surface area contributed by atoms with Gasteiger partial charge < -0.3 is 15.1 Å². The zero-order valence-electron chi connectivity index (χ0n) is 18.6. The van der Waals surface area contributed by atoms with Gasteiger partial charge in [0.05, 0.1) is 5.56 Å². The highest BCUT2D eigenvalue weighted by Crippen LogP contribution is 2.28. The molecule has 0 unspecified atom stereocenters. The molecule has 178 valence electrons. The Balaban J connectivity index is 1.24. The topological polar surface area (TPSA) is 64.6 Å². The molecule has 1 aromatic heterocycles. The monoisotopic (exact) mass is 462 g/mol. The highest BCUT2D eigenvalue weighted by Gasteiger charge is 2.33. The normalized spacial score (nSPS) is 20.7. The van der Waals surface area contributed by atoms with E-state index in [0.717, 1.165) is 44.9 Å². The van der Waals surface area contributed by atoms with Gasteiger partial charge in [-0.15, -0.1) is 0 Å². The minimum atomic E-state index is -4.46. The van der Waals surface area contributed by atoms with E-state index in [1.165, 1.54) is 5.56 Å². The van der Waals surface area contributed by atoms with E-state index in [0.29, 0.717) is 19.6 Å². The number of amides is 2. The molecule has 0 radical (unpaired) electrons. The van der Waals surface area contributed by atoms with Gasteiger partial charge in [-0.2, -0.15) is 13.2 Å². The fourth-order valence-electron chi connectivity index (χ4n) is 4.41. The number of halogens is 3. The van der Waals surface area contributed by atoms with Gasteiger partial charge in [-0.05, 0) is 25.3 Å². The molecule has 2 aromatic rings. The predicted molar refractivity (Wildman–Crippen MR) is 119 cm³/mol. The van der Waals surface area contributed by atoms with Gasteiger partial charge in [0.25, 0.3) is 0 Å². The smallest absolute Gasteiger partial charge is 0.337 e. The molecule has 4 rings (SSSR count). The average Bonchev–Trinajstić information content (AvgIpc) is 2.80. The maximum Gasteiger partial charge on any atom is 0.419 e. The second kappa shape index (κ2) is 9.94. The van der Waals surface area contributed by atoms with Crippen LogP contribution in [0.1, 0.15) is 30.9 Å². The van der Waals surface area contributed by atoms with Crippen molar-refractivity contribution in [2.75, 3.05) is 37.6 Å². The fourth-order valence-corrected chi connectivity index (χ4v) is 4.41. The van der Waals surface area contributed by atoms with E-state index in [-0.39, 0.29) is 24.1 Å². The number of likely N-dealkylation sites (tertiary alicyclic amines) is 1. The molecule has 1 atom stereocenters. The Morgan fingerprint density at radius 2 is 1.73 bits per heavy atom. The highest BCUT2D eigenvalue weighted by atomic mass is 19.4. The molecule has 2 aliphatic heterocycles. The van der Waals surface area contributed by atoms with Gasteiger partial charge in [0.1, 0.15) is 0 Å². The molecule has 1 N–H and O–H groups in total. The molecule has 0 spiro atoms. The largest absolute Gasteiger partial charge is 0.419 e. The number of nitrogens with zero attached hydrogens (tertiary/aromatic N) is 5. The predicted octanol–water partition coefficient (Wildman–Crippen LogP) is 3.38. The molecular weight excluding hydrogens is 433 g/mol. The number of hydrogen-bond acceptors (Lipinski definition) is 5. The molecule has 3 heterocycles. The number of alkyl halides is 3. The maximum absolute atomic E-state index is 12.9. The lowest BCUT2D eigenvalue weighted by atomic mass is 10.0. The van der Waals surface area contributed by atoms with Crippen molar-refractivity contribution in [3.63, 3.8) is 0 Å². The average molecular weight is 463 g/mol. The van der Waals surface area contributed by atoms with Crippen molar-refractivity contribution in [1.29, 1.82) is 0 Å². The summed E-state index contributed by atoms with van der Waals surface area (Å²) in [7, 11) is 0. The Kier molecular flexibility index (Phi) is 7.02. The number of piperazine rings is 1.